The third-order valence-electron chi connectivity index (χ3n) is 1.87. The van der Waals surface area contributed by atoms with E-state index in [4.69, 9.17) is 0 Å². The Hall–Kier alpha value is -1.43. The zero-order valence-corrected chi connectivity index (χ0v) is 9.77. The largest absolute Gasteiger partial charge is 0.348 e. The minimum absolute atomic E-state index is 0.542. The molecule has 2 aromatic rings. The number of nitrogens with one attached hydrogen (secondary N) is 1. The second-order valence-corrected chi connectivity index (χ2v) is 4.00. The summed E-state index contributed by atoms with van der Waals surface area (Å²) in [7, 11) is 1.73. The summed E-state index contributed by atoms with van der Waals surface area (Å²) in [4.78, 5) is 1.42. The minimum Gasteiger partial charge on any atom is -0.348 e. The molecule has 0 unspecified atom stereocenters. The zero-order valence-electron chi connectivity index (χ0n) is 8.18. The molecule has 0 amide bonds. The molecule has 15 heavy (non-hydrogen) atoms. The number of aryl methyl sites for hydroxylation is 1. The number of rotatable bonds is 3. The van der Waals surface area contributed by atoms with Gasteiger partial charge in [0.25, 0.3) is 5.95 Å². The fraction of sp³-hybridized carbons (Fsp3) is 0.222. The molecular formula is C9H10BrN5. The maximum absolute atomic E-state index is 4.02. The highest BCUT2D eigenvalue weighted by Crippen LogP contribution is 2.11. The van der Waals surface area contributed by atoms with E-state index >= 15 is 0 Å². The highest BCUT2D eigenvalue weighted by atomic mass is 79.9. The molecule has 1 aromatic heterocycles. The monoisotopic (exact) mass is 267 g/mol. The highest BCUT2D eigenvalue weighted by Gasteiger charge is 1.98. The molecule has 1 N–H and O–H groups in total. The third-order valence-corrected chi connectivity index (χ3v) is 2.40. The van der Waals surface area contributed by atoms with Crippen LogP contribution < -0.4 is 5.32 Å². The number of anilines is 1. The predicted octanol–water partition coefficient (Wildman–Crippen LogP) is 1.58. The van der Waals surface area contributed by atoms with Crippen LogP contribution in [0.5, 0.6) is 0 Å². The van der Waals surface area contributed by atoms with Crippen molar-refractivity contribution in [2.75, 3.05) is 5.32 Å². The van der Waals surface area contributed by atoms with E-state index in [-0.39, 0.29) is 0 Å². The van der Waals surface area contributed by atoms with Gasteiger partial charge in [-0.2, -0.15) is 4.80 Å². The summed E-state index contributed by atoms with van der Waals surface area (Å²) in [5.74, 6) is 0.542. The Morgan fingerprint density at radius 2 is 2.07 bits per heavy atom. The summed E-state index contributed by atoms with van der Waals surface area (Å²) >= 11 is 3.39. The first-order valence-corrected chi connectivity index (χ1v) is 5.25. The lowest BCUT2D eigenvalue weighted by molar-refractivity contribution is 0.630. The normalized spacial score (nSPS) is 10.3. The van der Waals surface area contributed by atoms with Crippen molar-refractivity contribution in [3.63, 3.8) is 0 Å². The lowest BCUT2D eigenvalue weighted by Crippen LogP contribution is -2.01. The van der Waals surface area contributed by atoms with E-state index in [0.717, 1.165) is 4.47 Å². The Morgan fingerprint density at radius 3 is 2.67 bits per heavy atom. The molecule has 0 atom stereocenters. The molecule has 6 heteroatoms. The van der Waals surface area contributed by atoms with E-state index in [0.29, 0.717) is 12.5 Å². The van der Waals surface area contributed by atoms with Crippen molar-refractivity contribution in [3.05, 3.63) is 34.3 Å². The number of hydrogen-bond acceptors (Lipinski definition) is 4. The van der Waals surface area contributed by atoms with Gasteiger partial charge in [-0.25, -0.2) is 0 Å². The van der Waals surface area contributed by atoms with Crippen molar-refractivity contribution in [2.45, 2.75) is 6.54 Å². The van der Waals surface area contributed by atoms with E-state index in [1.807, 2.05) is 24.3 Å². The molecule has 0 spiro atoms. The summed E-state index contributed by atoms with van der Waals surface area (Å²) in [5, 5.41) is 14.7. The summed E-state index contributed by atoms with van der Waals surface area (Å²) in [6.07, 6.45) is 0. The van der Waals surface area contributed by atoms with Crippen molar-refractivity contribution in [2.24, 2.45) is 7.05 Å². The average molecular weight is 268 g/mol. The van der Waals surface area contributed by atoms with Crippen LogP contribution in [0.3, 0.4) is 0 Å². The second-order valence-electron chi connectivity index (χ2n) is 3.08. The van der Waals surface area contributed by atoms with E-state index in [2.05, 4.69) is 36.7 Å². The first-order chi connectivity index (χ1) is 7.24. The molecular weight excluding hydrogens is 258 g/mol. The summed E-state index contributed by atoms with van der Waals surface area (Å²) < 4.78 is 1.07. The number of nitrogens with zero attached hydrogens (tertiary/aromatic N) is 4. The van der Waals surface area contributed by atoms with Crippen LogP contribution in [-0.4, -0.2) is 20.2 Å². The van der Waals surface area contributed by atoms with Gasteiger partial charge < -0.3 is 5.32 Å². The van der Waals surface area contributed by atoms with Crippen molar-refractivity contribution in [1.29, 1.82) is 0 Å². The van der Waals surface area contributed by atoms with E-state index in [1.165, 1.54) is 10.4 Å². The smallest absolute Gasteiger partial charge is 0.263 e. The molecule has 0 saturated carbocycles. The van der Waals surface area contributed by atoms with Crippen molar-refractivity contribution in [1.82, 2.24) is 20.2 Å². The van der Waals surface area contributed by atoms with Gasteiger partial charge in [-0.3, -0.25) is 0 Å². The molecule has 0 aliphatic rings. The Bertz CT molecular complexity index is 436. The molecule has 1 aromatic carbocycles. The molecule has 1 heterocycles. The average Bonchev–Trinajstić information content (AvgIpc) is 2.64. The molecule has 0 saturated heterocycles. The number of tetrazole rings is 1. The fourth-order valence-electron chi connectivity index (χ4n) is 1.14. The first kappa shape index (κ1) is 10.1. The van der Waals surface area contributed by atoms with Crippen molar-refractivity contribution in [3.8, 4) is 0 Å². The van der Waals surface area contributed by atoms with Crippen LogP contribution in [0.25, 0.3) is 0 Å². The fourth-order valence-corrected chi connectivity index (χ4v) is 1.40. The lowest BCUT2D eigenvalue weighted by Gasteiger charge is -2.01. The number of benzene rings is 1. The third kappa shape index (κ3) is 2.76. The van der Waals surface area contributed by atoms with Gasteiger partial charge in [-0.05, 0) is 22.9 Å². The van der Waals surface area contributed by atoms with Crippen LogP contribution in [0.1, 0.15) is 5.56 Å². The SMILES string of the molecule is Cn1nnc(NCc2ccc(Br)cc2)n1. The van der Waals surface area contributed by atoms with Gasteiger partial charge in [-0.1, -0.05) is 33.2 Å². The van der Waals surface area contributed by atoms with Crippen molar-refractivity contribution < 1.29 is 0 Å². The minimum atomic E-state index is 0.542. The number of halogens is 1. The Balaban J connectivity index is 1.96. The summed E-state index contributed by atoms with van der Waals surface area (Å²) in [5.41, 5.74) is 1.17. The summed E-state index contributed by atoms with van der Waals surface area (Å²) in [6.45, 7) is 0.693. The van der Waals surface area contributed by atoms with Gasteiger partial charge >= 0.3 is 0 Å². The standard InChI is InChI=1S/C9H10BrN5/c1-15-13-9(12-14-15)11-6-7-2-4-8(10)5-3-7/h2-5H,6H2,1H3,(H,11,13). The highest BCUT2D eigenvalue weighted by molar-refractivity contribution is 9.10. The van der Waals surface area contributed by atoms with Gasteiger partial charge in [0.1, 0.15) is 0 Å². The summed E-state index contributed by atoms with van der Waals surface area (Å²) in [6, 6.07) is 8.07. The maximum atomic E-state index is 4.02. The molecule has 2 rings (SSSR count). The lowest BCUT2D eigenvalue weighted by atomic mass is 10.2. The van der Waals surface area contributed by atoms with Crippen LogP contribution in [0.2, 0.25) is 0 Å². The maximum Gasteiger partial charge on any atom is 0.263 e. The Kier molecular flexibility index (Phi) is 2.96. The van der Waals surface area contributed by atoms with Gasteiger partial charge in [0, 0.05) is 11.0 Å². The first-order valence-electron chi connectivity index (χ1n) is 4.46. The van der Waals surface area contributed by atoms with Crippen molar-refractivity contribution >= 4 is 21.9 Å². The molecule has 78 valence electrons. The van der Waals surface area contributed by atoms with Gasteiger partial charge in [-0.15, -0.1) is 5.10 Å². The zero-order chi connectivity index (χ0) is 10.7. The van der Waals surface area contributed by atoms with E-state index in [9.17, 15) is 0 Å². The van der Waals surface area contributed by atoms with Crippen LogP contribution in [-0.2, 0) is 13.6 Å². The van der Waals surface area contributed by atoms with E-state index in [1.54, 1.807) is 7.05 Å². The molecule has 0 fully saturated rings. The topological polar surface area (TPSA) is 55.6 Å². The number of aromatic nitrogens is 4. The van der Waals surface area contributed by atoms with E-state index < -0.39 is 0 Å². The number of hydrogen-bond donors (Lipinski definition) is 1. The van der Waals surface area contributed by atoms with Crippen LogP contribution in [0.4, 0.5) is 5.95 Å². The molecule has 0 aliphatic carbocycles. The van der Waals surface area contributed by atoms with Gasteiger partial charge in [0.15, 0.2) is 0 Å². The quantitative estimate of drug-likeness (QED) is 0.918. The Morgan fingerprint density at radius 1 is 1.33 bits per heavy atom. The molecule has 0 aliphatic heterocycles. The Labute approximate surface area is 95.6 Å². The van der Waals surface area contributed by atoms with Crippen LogP contribution >= 0.6 is 15.9 Å². The van der Waals surface area contributed by atoms with Gasteiger partial charge in [0.2, 0.25) is 0 Å². The van der Waals surface area contributed by atoms with Crippen LogP contribution in [0, 0.1) is 0 Å². The molecule has 5 nitrogen and oxygen atoms in total. The van der Waals surface area contributed by atoms with Gasteiger partial charge in [0.05, 0.1) is 7.05 Å². The predicted molar refractivity (Wildman–Crippen MR) is 60.3 cm³/mol. The van der Waals surface area contributed by atoms with Crippen LogP contribution in [0.15, 0.2) is 28.7 Å². The second kappa shape index (κ2) is 4.39. The molecule has 0 bridgehead atoms. The molecule has 0 radical (unpaired) electrons.